The van der Waals surface area contributed by atoms with E-state index in [0.29, 0.717) is 19.4 Å². The molecule has 3 rings (SSSR count). The fourth-order valence-electron chi connectivity index (χ4n) is 3.22. The number of nitrogens with one attached hydrogen (secondary N) is 2. The maximum atomic E-state index is 12.7. The van der Waals surface area contributed by atoms with E-state index in [-0.39, 0.29) is 18.4 Å². The number of imidazole rings is 1. The standard InChI is InChI=1S/C22H26N4O2/c1-4-21(27)23-12-11-20-24-18-7-5-6-8-19(18)26(20)14-22(28)25-17-10-9-15(2)13-16(17)3/h5-10,13H,4,11-12,14H2,1-3H3,(H,23,27)(H,25,28). The third kappa shape index (κ3) is 4.57. The van der Waals surface area contributed by atoms with E-state index in [2.05, 4.69) is 15.6 Å². The van der Waals surface area contributed by atoms with Crippen molar-refractivity contribution in [3.05, 3.63) is 59.4 Å². The topological polar surface area (TPSA) is 76.0 Å². The molecule has 0 spiro atoms. The third-order valence-electron chi connectivity index (χ3n) is 4.68. The fourth-order valence-corrected chi connectivity index (χ4v) is 3.22. The van der Waals surface area contributed by atoms with Crippen LogP contribution in [0.15, 0.2) is 42.5 Å². The van der Waals surface area contributed by atoms with Crippen LogP contribution in [0.25, 0.3) is 11.0 Å². The van der Waals surface area contributed by atoms with Crippen molar-refractivity contribution in [2.45, 2.75) is 40.2 Å². The van der Waals surface area contributed by atoms with Crippen molar-refractivity contribution in [2.24, 2.45) is 0 Å². The minimum absolute atomic E-state index is 0.00949. The van der Waals surface area contributed by atoms with Crippen LogP contribution in [0.4, 0.5) is 5.69 Å². The molecule has 2 amide bonds. The molecule has 0 saturated carbocycles. The van der Waals surface area contributed by atoms with Gasteiger partial charge in [0.1, 0.15) is 12.4 Å². The number of para-hydroxylation sites is 2. The number of aromatic nitrogens is 2. The molecule has 0 saturated heterocycles. The molecular weight excluding hydrogens is 352 g/mol. The Bertz CT molecular complexity index is 1010. The lowest BCUT2D eigenvalue weighted by molar-refractivity contribution is -0.120. The maximum absolute atomic E-state index is 12.7. The number of benzene rings is 2. The van der Waals surface area contributed by atoms with Crippen LogP contribution in [0.1, 0.15) is 30.3 Å². The summed E-state index contributed by atoms with van der Waals surface area (Å²) in [5.41, 5.74) is 4.77. The molecule has 0 aliphatic heterocycles. The molecule has 0 radical (unpaired) electrons. The highest BCUT2D eigenvalue weighted by atomic mass is 16.2. The summed E-state index contributed by atoms with van der Waals surface area (Å²) in [6.07, 6.45) is 1.02. The molecule has 6 nitrogen and oxygen atoms in total. The summed E-state index contributed by atoms with van der Waals surface area (Å²) in [6.45, 7) is 6.50. The Morgan fingerprint density at radius 2 is 1.86 bits per heavy atom. The number of fused-ring (bicyclic) bond motifs is 1. The van der Waals surface area contributed by atoms with Crippen LogP contribution in [0.2, 0.25) is 0 Å². The number of rotatable bonds is 7. The van der Waals surface area contributed by atoms with E-state index in [1.807, 2.05) is 67.8 Å². The number of hydrogen-bond donors (Lipinski definition) is 2. The summed E-state index contributed by atoms with van der Waals surface area (Å²) in [5.74, 6) is 0.692. The van der Waals surface area contributed by atoms with Crippen molar-refractivity contribution in [2.75, 3.05) is 11.9 Å². The van der Waals surface area contributed by atoms with Gasteiger partial charge in [0.15, 0.2) is 0 Å². The lowest BCUT2D eigenvalue weighted by atomic mass is 10.1. The van der Waals surface area contributed by atoms with Crippen molar-refractivity contribution in [3.8, 4) is 0 Å². The summed E-state index contributed by atoms with van der Waals surface area (Å²) < 4.78 is 1.92. The van der Waals surface area contributed by atoms with E-state index in [4.69, 9.17) is 0 Å². The van der Waals surface area contributed by atoms with Crippen LogP contribution in [0.3, 0.4) is 0 Å². The number of aryl methyl sites for hydroxylation is 2. The summed E-state index contributed by atoms with van der Waals surface area (Å²) in [7, 11) is 0. The summed E-state index contributed by atoms with van der Waals surface area (Å²) in [5, 5.41) is 5.86. The van der Waals surface area contributed by atoms with Crippen LogP contribution in [-0.2, 0) is 22.6 Å². The van der Waals surface area contributed by atoms with E-state index in [9.17, 15) is 9.59 Å². The first kappa shape index (κ1) is 19.6. The molecule has 3 aromatic rings. The average Bonchev–Trinajstić information content (AvgIpc) is 3.01. The molecule has 0 fully saturated rings. The minimum atomic E-state index is -0.103. The van der Waals surface area contributed by atoms with Gasteiger partial charge in [-0.25, -0.2) is 4.98 Å². The molecule has 2 aromatic carbocycles. The predicted molar refractivity (Wildman–Crippen MR) is 111 cm³/mol. The van der Waals surface area contributed by atoms with E-state index < -0.39 is 0 Å². The monoisotopic (exact) mass is 378 g/mol. The van der Waals surface area contributed by atoms with Gasteiger partial charge in [0.2, 0.25) is 11.8 Å². The van der Waals surface area contributed by atoms with Gasteiger partial charge in [-0.3, -0.25) is 9.59 Å². The van der Waals surface area contributed by atoms with Crippen molar-refractivity contribution < 1.29 is 9.59 Å². The van der Waals surface area contributed by atoms with E-state index in [1.54, 1.807) is 0 Å². The van der Waals surface area contributed by atoms with E-state index in [0.717, 1.165) is 33.7 Å². The molecule has 146 valence electrons. The van der Waals surface area contributed by atoms with Gasteiger partial charge in [-0.05, 0) is 37.6 Å². The first-order valence-electron chi connectivity index (χ1n) is 9.56. The Kier molecular flexibility index (Phi) is 6.09. The second-order valence-corrected chi connectivity index (χ2v) is 6.92. The molecule has 0 aliphatic carbocycles. The third-order valence-corrected chi connectivity index (χ3v) is 4.68. The largest absolute Gasteiger partial charge is 0.356 e. The van der Waals surface area contributed by atoms with Crippen LogP contribution in [0.5, 0.6) is 0 Å². The number of hydrogen-bond acceptors (Lipinski definition) is 3. The second-order valence-electron chi connectivity index (χ2n) is 6.92. The van der Waals surface area contributed by atoms with Gasteiger partial charge in [0.05, 0.1) is 11.0 Å². The van der Waals surface area contributed by atoms with Gasteiger partial charge in [-0.2, -0.15) is 0 Å². The maximum Gasteiger partial charge on any atom is 0.244 e. The van der Waals surface area contributed by atoms with Crippen LogP contribution < -0.4 is 10.6 Å². The van der Waals surface area contributed by atoms with Crippen molar-refractivity contribution in [1.29, 1.82) is 0 Å². The molecule has 1 heterocycles. The molecular formula is C22H26N4O2. The Morgan fingerprint density at radius 3 is 2.61 bits per heavy atom. The first-order valence-corrected chi connectivity index (χ1v) is 9.56. The predicted octanol–water partition coefficient (Wildman–Crippen LogP) is 3.36. The van der Waals surface area contributed by atoms with Crippen LogP contribution in [-0.4, -0.2) is 27.9 Å². The smallest absolute Gasteiger partial charge is 0.244 e. The molecule has 28 heavy (non-hydrogen) atoms. The van der Waals surface area contributed by atoms with Gasteiger partial charge in [-0.1, -0.05) is 36.8 Å². The highest BCUT2D eigenvalue weighted by Gasteiger charge is 2.14. The van der Waals surface area contributed by atoms with E-state index >= 15 is 0 Å². The van der Waals surface area contributed by atoms with Gasteiger partial charge >= 0.3 is 0 Å². The van der Waals surface area contributed by atoms with Gasteiger partial charge in [0, 0.05) is 25.1 Å². The zero-order valence-corrected chi connectivity index (χ0v) is 16.6. The van der Waals surface area contributed by atoms with Gasteiger partial charge in [-0.15, -0.1) is 0 Å². The number of nitrogens with zero attached hydrogens (tertiary/aromatic N) is 2. The highest BCUT2D eigenvalue weighted by molar-refractivity contribution is 5.92. The first-order chi connectivity index (χ1) is 13.5. The average molecular weight is 378 g/mol. The molecule has 6 heteroatoms. The lowest BCUT2D eigenvalue weighted by Crippen LogP contribution is -2.26. The summed E-state index contributed by atoms with van der Waals surface area (Å²) >= 11 is 0. The van der Waals surface area contributed by atoms with Crippen molar-refractivity contribution in [1.82, 2.24) is 14.9 Å². The van der Waals surface area contributed by atoms with Gasteiger partial charge in [0.25, 0.3) is 0 Å². The summed E-state index contributed by atoms with van der Waals surface area (Å²) in [6, 6.07) is 13.7. The normalized spacial score (nSPS) is 10.8. The number of anilines is 1. The summed E-state index contributed by atoms with van der Waals surface area (Å²) in [4.78, 5) is 28.9. The second kappa shape index (κ2) is 8.69. The minimum Gasteiger partial charge on any atom is -0.356 e. The Hall–Kier alpha value is -3.15. The van der Waals surface area contributed by atoms with Gasteiger partial charge < -0.3 is 15.2 Å². The Morgan fingerprint density at radius 1 is 1.07 bits per heavy atom. The molecule has 0 aliphatic rings. The highest BCUT2D eigenvalue weighted by Crippen LogP contribution is 2.19. The number of amides is 2. The fraction of sp³-hybridized carbons (Fsp3) is 0.318. The molecule has 2 N–H and O–H groups in total. The van der Waals surface area contributed by atoms with E-state index in [1.165, 1.54) is 0 Å². The Labute approximate surface area is 165 Å². The number of carbonyl (C=O) groups is 2. The Balaban J connectivity index is 1.79. The quantitative estimate of drug-likeness (QED) is 0.662. The molecule has 1 aromatic heterocycles. The zero-order valence-electron chi connectivity index (χ0n) is 16.6. The zero-order chi connectivity index (χ0) is 20.1. The number of carbonyl (C=O) groups excluding carboxylic acids is 2. The van der Waals surface area contributed by atoms with Crippen molar-refractivity contribution >= 4 is 28.5 Å². The lowest BCUT2D eigenvalue weighted by Gasteiger charge is -2.12. The SMILES string of the molecule is CCC(=O)NCCc1nc2ccccc2n1CC(=O)Nc1ccc(C)cc1C. The van der Waals surface area contributed by atoms with Crippen LogP contribution in [0, 0.1) is 13.8 Å². The van der Waals surface area contributed by atoms with Crippen LogP contribution >= 0.6 is 0 Å². The van der Waals surface area contributed by atoms with Crippen molar-refractivity contribution in [3.63, 3.8) is 0 Å². The molecule has 0 bridgehead atoms. The molecule has 0 unspecified atom stereocenters. The molecule has 0 atom stereocenters.